The van der Waals surface area contributed by atoms with E-state index in [9.17, 15) is 9.59 Å². The van der Waals surface area contributed by atoms with Crippen LogP contribution in [-0.2, 0) is 22.4 Å². The highest BCUT2D eigenvalue weighted by Gasteiger charge is 2.21. The van der Waals surface area contributed by atoms with Gasteiger partial charge in [0.05, 0.1) is 0 Å². The molecule has 0 bridgehead atoms. The summed E-state index contributed by atoms with van der Waals surface area (Å²) in [6.45, 7) is 2.32. The van der Waals surface area contributed by atoms with Crippen molar-refractivity contribution in [3.8, 4) is 0 Å². The van der Waals surface area contributed by atoms with E-state index in [0.717, 1.165) is 22.9 Å². The standard InChI is InChI=1S/C22H25N3O2/c1-2-21(26)25-20(14-17-15-24-19-11-7-6-10-18(17)19)22(27)23-13-12-16-8-4-3-5-9-16/h3-11,15,20,24H,2,12-14H2,1H3,(H,23,27)(H,25,26)/t20-/m0/s1. The predicted molar refractivity (Wildman–Crippen MR) is 107 cm³/mol. The average Bonchev–Trinajstić information content (AvgIpc) is 3.11. The van der Waals surface area contributed by atoms with Crippen molar-refractivity contribution in [3.05, 3.63) is 71.9 Å². The van der Waals surface area contributed by atoms with Crippen LogP contribution in [0.1, 0.15) is 24.5 Å². The summed E-state index contributed by atoms with van der Waals surface area (Å²) in [6.07, 6.45) is 3.47. The van der Waals surface area contributed by atoms with Gasteiger partial charge < -0.3 is 15.6 Å². The fourth-order valence-corrected chi connectivity index (χ4v) is 3.12. The van der Waals surface area contributed by atoms with Crippen molar-refractivity contribution in [1.29, 1.82) is 0 Å². The molecule has 0 aliphatic heterocycles. The molecule has 0 saturated carbocycles. The van der Waals surface area contributed by atoms with Crippen LogP contribution in [0.25, 0.3) is 10.9 Å². The smallest absolute Gasteiger partial charge is 0.242 e. The Morgan fingerprint density at radius 2 is 1.78 bits per heavy atom. The lowest BCUT2D eigenvalue weighted by atomic mass is 10.0. The lowest BCUT2D eigenvalue weighted by Gasteiger charge is -2.18. The van der Waals surface area contributed by atoms with Crippen LogP contribution in [0.2, 0.25) is 0 Å². The van der Waals surface area contributed by atoms with Crippen molar-refractivity contribution >= 4 is 22.7 Å². The maximum absolute atomic E-state index is 12.7. The highest BCUT2D eigenvalue weighted by Crippen LogP contribution is 2.19. The number of rotatable bonds is 8. The Morgan fingerprint density at radius 1 is 1.04 bits per heavy atom. The number of carbonyl (C=O) groups is 2. The lowest BCUT2D eigenvalue weighted by molar-refractivity contribution is -0.128. The molecule has 1 atom stereocenters. The lowest BCUT2D eigenvalue weighted by Crippen LogP contribution is -2.48. The number of amides is 2. The van der Waals surface area contributed by atoms with Gasteiger partial charge in [0.1, 0.15) is 6.04 Å². The van der Waals surface area contributed by atoms with Crippen molar-refractivity contribution in [1.82, 2.24) is 15.6 Å². The minimum absolute atomic E-state index is 0.127. The Kier molecular flexibility index (Phi) is 6.26. The molecule has 0 unspecified atom stereocenters. The summed E-state index contributed by atoms with van der Waals surface area (Å²) in [4.78, 5) is 27.8. The quantitative estimate of drug-likeness (QED) is 0.576. The maximum atomic E-state index is 12.7. The monoisotopic (exact) mass is 363 g/mol. The molecular formula is C22H25N3O2. The van der Waals surface area contributed by atoms with Crippen molar-refractivity contribution in [3.63, 3.8) is 0 Å². The molecule has 5 nitrogen and oxygen atoms in total. The van der Waals surface area contributed by atoms with Crippen molar-refractivity contribution in [2.75, 3.05) is 6.54 Å². The first-order chi connectivity index (χ1) is 13.2. The summed E-state index contributed by atoms with van der Waals surface area (Å²) >= 11 is 0. The van der Waals surface area contributed by atoms with E-state index in [1.54, 1.807) is 6.92 Å². The third kappa shape index (κ3) is 4.97. The minimum atomic E-state index is -0.590. The Morgan fingerprint density at radius 3 is 2.56 bits per heavy atom. The molecule has 2 amide bonds. The first-order valence-corrected chi connectivity index (χ1v) is 9.33. The van der Waals surface area contributed by atoms with E-state index in [0.29, 0.717) is 19.4 Å². The molecule has 0 saturated heterocycles. The van der Waals surface area contributed by atoms with Crippen molar-refractivity contribution in [2.45, 2.75) is 32.2 Å². The number of fused-ring (bicyclic) bond motifs is 1. The number of benzene rings is 2. The van der Waals surface area contributed by atoms with E-state index in [1.165, 1.54) is 5.56 Å². The van der Waals surface area contributed by atoms with Crippen LogP contribution in [0.3, 0.4) is 0 Å². The highest BCUT2D eigenvalue weighted by atomic mass is 16.2. The zero-order valence-corrected chi connectivity index (χ0v) is 15.5. The van der Waals surface area contributed by atoms with Gasteiger partial charge in [-0.1, -0.05) is 55.5 Å². The van der Waals surface area contributed by atoms with E-state index >= 15 is 0 Å². The molecule has 3 aromatic rings. The van der Waals surface area contributed by atoms with E-state index in [2.05, 4.69) is 15.6 Å². The van der Waals surface area contributed by atoms with Gasteiger partial charge in [0.15, 0.2) is 0 Å². The number of H-pyrrole nitrogens is 1. The van der Waals surface area contributed by atoms with Crippen LogP contribution in [0.15, 0.2) is 60.8 Å². The zero-order valence-electron chi connectivity index (χ0n) is 15.5. The molecule has 140 valence electrons. The third-order valence-electron chi connectivity index (χ3n) is 4.63. The summed E-state index contributed by atoms with van der Waals surface area (Å²) in [5.74, 6) is -0.281. The van der Waals surface area contributed by atoms with Gasteiger partial charge in [-0.3, -0.25) is 9.59 Å². The number of aromatic amines is 1. The topological polar surface area (TPSA) is 74.0 Å². The average molecular weight is 363 g/mol. The van der Waals surface area contributed by atoms with Gasteiger partial charge in [-0.15, -0.1) is 0 Å². The molecule has 1 heterocycles. The summed E-state index contributed by atoms with van der Waals surface area (Å²) < 4.78 is 0. The number of hydrogen-bond acceptors (Lipinski definition) is 2. The Balaban J connectivity index is 1.66. The fraction of sp³-hybridized carbons (Fsp3) is 0.273. The highest BCUT2D eigenvalue weighted by molar-refractivity contribution is 5.89. The number of carbonyl (C=O) groups excluding carboxylic acids is 2. The summed E-state index contributed by atoms with van der Waals surface area (Å²) in [5.41, 5.74) is 3.21. The van der Waals surface area contributed by atoms with Gasteiger partial charge >= 0.3 is 0 Å². The molecule has 3 N–H and O–H groups in total. The molecule has 1 aromatic heterocycles. The van der Waals surface area contributed by atoms with Crippen LogP contribution in [0.5, 0.6) is 0 Å². The first kappa shape index (κ1) is 18.7. The van der Waals surface area contributed by atoms with E-state index in [4.69, 9.17) is 0 Å². The fourth-order valence-electron chi connectivity index (χ4n) is 3.12. The van der Waals surface area contributed by atoms with Gasteiger partial charge in [-0.25, -0.2) is 0 Å². The van der Waals surface area contributed by atoms with Crippen molar-refractivity contribution < 1.29 is 9.59 Å². The molecule has 0 spiro atoms. The Hall–Kier alpha value is -3.08. The number of nitrogens with one attached hydrogen (secondary N) is 3. The third-order valence-corrected chi connectivity index (χ3v) is 4.63. The van der Waals surface area contributed by atoms with Gasteiger partial charge in [-0.05, 0) is 23.6 Å². The van der Waals surface area contributed by atoms with Crippen LogP contribution < -0.4 is 10.6 Å². The van der Waals surface area contributed by atoms with Crippen LogP contribution >= 0.6 is 0 Å². The number of aromatic nitrogens is 1. The zero-order chi connectivity index (χ0) is 19.1. The van der Waals surface area contributed by atoms with Gasteiger partial charge in [0.25, 0.3) is 0 Å². The van der Waals surface area contributed by atoms with Crippen LogP contribution in [0.4, 0.5) is 0 Å². The van der Waals surface area contributed by atoms with E-state index in [1.807, 2.05) is 60.8 Å². The van der Waals surface area contributed by atoms with E-state index < -0.39 is 6.04 Å². The van der Waals surface area contributed by atoms with Crippen molar-refractivity contribution in [2.24, 2.45) is 0 Å². The molecule has 2 aromatic carbocycles. The predicted octanol–water partition coefficient (Wildman–Crippen LogP) is 2.96. The summed E-state index contributed by atoms with van der Waals surface area (Å²) in [6, 6.07) is 17.4. The van der Waals surface area contributed by atoms with Crippen LogP contribution in [-0.4, -0.2) is 29.4 Å². The van der Waals surface area contributed by atoms with Gasteiger partial charge in [0.2, 0.25) is 11.8 Å². The maximum Gasteiger partial charge on any atom is 0.242 e. The normalized spacial score (nSPS) is 11.9. The molecule has 27 heavy (non-hydrogen) atoms. The molecular weight excluding hydrogens is 338 g/mol. The summed E-state index contributed by atoms with van der Waals surface area (Å²) in [7, 11) is 0. The Bertz CT molecular complexity index is 902. The molecule has 0 radical (unpaired) electrons. The van der Waals surface area contributed by atoms with Crippen LogP contribution in [0, 0.1) is 0 Å². The molecule has 0 fully saturated rings. The van der Waals surface area contributed by atoms with Gasteiger partial charge in [0, 0.05) is 36.5 Å². The molecule has 3 rings (SSSR count). The first-order valence-electron chi connectivity index (χ1n) is 9.33. The minimum Gasteiger partial charge on any atom is -0.361 e. The second-order valence-corrected chi connectivity index (χ2v) is 6.56. The molecule has 5 heteroatoms. The Labute approximate surface area is 159 Å². The number of para-hydroxylation sites is 1. The second-order valence-electron chi connectivity index (χ2n) is 6.56. The molecule has 0 aliphatic rings. The summed E-state index contributed by atoms with van der Waals surface area (Å²) in [5, 5.41) is 6.88. The van der Waals surface area contributed by atoms with E-state index in [-0.39, 0.29) is 11.8 Å². The largest absolute Gasteiger partial charge is 0.361 e. The molecule has 0 aliphatic carbocycles. The second kappa shape index (κ2) is 9.03. The number of hydrogen-bond donors (Lipinski definition) is 3. The van der Waals surface area contributed by atoms with Gasteiger partial charge in [-0.2, -0.15) is 0 Å². The SMILES string of the molecule is CCC(=O)N[C@@H](Cc1c[nH]c2ccccc12)C(=O)NCCc1ccccc1.